The number of benzene rings is 4. The molecule has 0 fully saturated rings. The topological polar surface area (TPSA) is 58.6 Å². The molecule has 0 saturated carbocycles. The van der Waals surface area contributed by atoms with Crippen LogP contribution in [0.4, 0.5) is 8.78 Å². The van der Waals surface area contributed by atoms with Gasteiger partial charge in [-0.3, -0.25) is 4.79 Å². The predicted molar refractivity (Wildman–Crippen MR) is 137 cm³/mol. The molecule has 182 valence electrons. The van der Waals surface area contributed by atoms with Gasteiger partial charge in [0.1, 0.15) is 23.1 Å². The highest BCUT2D eigenvalue weighted by Gasteiger charge is 2.12. The lowest BCUT2D eigenvalue weighted by molar-refractivity contribution is -0.120. The molecule has 0 radical (unpaired) electrons. The van der Waals surface area contributed by atoms with Gasteiger partial charge in [0.2, 0.25) is 5.91 Å². The Kier molecular flexibility index (Phi) is 7.75. The maximum atomic E-state index is 14.2. The van der Waals surface area contributed by atoms with Crippen LogP contribution in [-0.4, -0.2) is 18.1 Å². The molecule has 4 rings (SSSR count). The van der Waals surface area contributed by atoms with Gasteiger partial charge in [-0.2, -0.15) is 0 Å². The van der Waals surface area contributed by atoms with Gasteiger partial charge in [0.25, 0.3) is 0 Å². The second-order valence-corrected chi connectivity index (χ2v) is 8.26. The minimum atomic E-state index is -0.429. The van der Waals surface area contributed by atoms with Crippen molar-refractivity contribution in [1.82, 2.24) is 5.32 Å². The molecule has 0 heterocycles. The Morgan fingerprint density at radius 2 is 1.53 bits per heavy atom. The fourth-order valence-electron chi connectivity index (χ4n) is 3.84. The summed E-state index contributed by atoms with van der Waals surface area (Å²) in [5.74, 6) is -0.175. The van der Waals surface area contributed by atoms with Gasteiger partial charge in [-0.1, -0.05) is 48.6 Å². The number of carbonyl (C=O) groups excluding carboxylic acids is 1. The van der Waals surface area contributed by atoms with Crippen molar-refractivity contribution in [1.29, 1.82) is 0 Å². The van der Waals surface area contributed by atoms with E-state index in [1.165, 1.54) is 24.3 Å². The number of ether oxygens (including phenoxy) is 1. The van der Waals surface area contributed by atoms with E-state index in [9.17, 15) is 18.7 Å². The second kappa shape index (κ2) is 11.3. The smallest absolute Gasteiger partial charge is 0.224 e. The summed E-state index contributed by atoms with van der Waals surface area (Å²) in [4.78, 5) is 12.6. The van der Waals surface area contributed by atoms with Gasteiger partial charge < -0.3 is 15.2 Å². The third-order valence-corrected chi connectivity index (χ3v) is 5.72. The molecule has 0 spiro atoms. The van der Waals surface area contributed by atoms with E-state index in [1.54, 1.807) is 67.8 Å². The zero-order chi connectivity index (χ0) is 25.5. The van der Waals surface area contributed by atoms with Crippen LogP contribution in [0, 0.1) is 11.6 Å². The number of amides is 1. The zero-order valence-corrected chi connectivity index (χ0v) is 19.7. The van der Waals surface area contributed by atoms with Gasteiger partial charge in [0.05, 0.1) is 13.5 Å². The number of hydrogen-bond donors (Lipinski definition) is 2. The van der Waals surface area contributed by atoms with Crippen LogP contribution < -0.4 is 10.1 Å². The lowest BCUT2D eigenvalue weighted by Gasteiger charge is -2.14. The molecule has 0 atom stereocenters. The van der Waals surface area contributed by atoms with Crippen LogP contribution in [0.25, 0.3) is 23.3 Å². The Labute approximate surface area is 208 Å². The highest BCUT2D eigenvalue weighted by atomic mass is 19.1. The van der Waals surface area contributed by atoms with Gasteiger partial charge in [-0.15, -0.1) is 0 Å². The van der Waals surface area contributed by atoms with E-state index < -0.39 is 11.6 Å². The van der Waals surface area contributed by atoms with Gasteiger partial charge in [0, 0.05) is 6.54 Å². The molecule has 6 heteroatoms. The molecule has 4 aromatic rings. The minimum absolute atomic E-state index is 0.112. The van der Waals surface area contributed by atoms with Gasteiger partial charge in [0.15, 0.2) is 0 Å². The highest BCUT2D eigenvalue weighted by molar-refractivity contribution is 5.83. The average molecular weight is 486 g/mol. The molecule has 1 amide bonds. The Hall–Kier alpha value is -4.45. The number of phenols is 1. The first-order valence-electron chi connectivity index (χ1n) is 11.4. The van der Waals surface area contributed by atoms with Gasteiger partial charge in [-0.25, -0.2) is 8.78 Å². The van der Waals surface area contributed by atoms with Crippen molar-refractivity contribution in [3.63, 3.8) is 0 Å². The molecule has 0 aliphatic heterocycles. The Morgan fingerprint density at radius 1 is 0.861 bits per heavy atom. The van der Waals surface area contributed by atoms with Crippen molar-refractivity contribution in [2.45, 2.75) is 13.0 Å². The summed E-state index contributed by atoms with van der Waals surface area (Å²) in [6, 6.07) is 22.6. The van der Waals surface area contributed by atoms with E-state index in [-0.39, 0.29) is 24.6 Å². The molecule has 0 bridgehead atoms. The monoisotopic (exact) mass is 485 g/mol. The number of phenolic OH excluding ortho intramolecular Hbond substituents is 1. The molecule has 4 nitrogen and oxygen atoms in total. The quantitative estimate of drug-likeness (QED) is 0.285. The summed E-state index contributed by atoms with van der Waals surface area (Å²) in [6.07, 6.45) is 3.74. The van der Waals surface area contributed by atoms with Crippen molar-refractivity contribution in [3.8, 4) is 22.6 Å². The largest absolute Gasteiger partial charge is 0.508 e. The summed E-state index contributed by atoms with van der Waals surface area (Å²) in [7, 11) is 1.58. The van der Waals surface area contributed by atoms with Crippen LogP contribution in [-0.2, 0) is 17.8 Å². The van der Waals surface area contributed by atoms with Crippen molar-refractivity contribution in [2.75, 3.05) is 7.11 Å². The van der Waals surface area contributed by atoms with Gasteiger partial charge in [-0.05, 0) is 81.9 Å². The summed E-state index contributed by atoms with van der Waals surface area (Å²) in [6.45, 7) is 0.112. The Bertz CT molecular complexity index is 1380. The number of methoxy groups -OCH3 is 1. The third kappa shape index (κ3) is 6.36. The van der Waals surface area contributed by atoms with Crippen molar-refractivity contribution >= 4 is 18.1 Å². The van der Waals surface area contributed by atoms with E-state index in [0.29, 0.717) is 28.0 Å². The molecule has 0 unspecified atom stereocenters. The number of nitrogens with one attached hydrogen (secondary N) is 1. The van der Waals surface area contributed by atoms with Crippen LogP contribution in [0.5, 0.6) is 11.5 Å². The number of hydrogen-bond acceptors (Lipinski definition) is 3. The summed E-state index contributed by atoms with van der Waals surface area (Å²) >= 11 is 0. The predicted octanol–water partition coefficient (Wildman–Crippen LogP) is 6.38. The maximum absolute atomic E-state index is 14.2. The van der Waals surface area contributed by atoms with Crippen molar-refractivity contribution in [2.24, 2.45) is 0 Å². The van der Waals surface area contributed by atoms with Crippen molar-refractivity contribution < 1.29 is 23.4 Å². The second-order valence-electron chi connectivity index (χ2n) is 8.26. The average Bonchev–Trinajstić information content (AvgIpc) is 2.88. The Balaban J connectivity index is 1.56. The van der Waals surface area contributed by atoms with Crippen molar-refractivity contribution in [3.05, 3.63) is 119 Å². The molecule has 2 N–H and O–H groups in total. The number of halogens is 2. The normalized spacial score (nSPS) is 11.0. The van der Waals surface area contributed by atoms with Crippen LogP contribution in [0.3, 0.4) is 0 Å². The van der Waals surface area contributed by atoms with Crippen LogP contribution >= 0.6 is 0 Å². The molecule has 4 aromatic carbocycles. The standard InChI is InChI=1S/C30H25F2NO3/c1-36-27-12-5-21(6-13-27)16-30(35)33-19-23-18-25(32)9-15-29(23)28-14-8-24(31)17-22(28)7-2-20-3-10-26(34)11-4-20/h2-15,17-18,34H,16,19H2,1H3,(H,33,35)/b7-2+. The van der Waals surface area contributed by atoms with Crippen LogP contribution in [0.15, 0.2) is 84.9 Å². The molecule has 0 aliphatic carbocycles. The van der Waals surface area contributed by atoms with Gasteiger partial charge >= 0.3 is 0 Å². The molecule has 0 saturated heterocycles. The SMILES string of the molecule is COc1ccc(CC(=O)NCc2cc(F)ccc2-c2ccc(F)cc2/C=C/c2ccc(O)cc2)cc1. The first kappa shape index (κ1) is 24.7. The van der Waals surface area contributed by atoms with Crippen LogP contribution in [0.1, 0.15) is 22.3 Å². The number of rotatable bonds is 8. The first-order chi connectivity index (χ1) is 17.4. The summed E-state index contributed by atoms with van der Waals surface area (Å²) in [5, 5.41) is 12.3. The molecular formula is C30H25F2NO3. The fraction of sp³-hybridized carbons (Fsp3) is 0.100. The lowest BCUT2D eigenvalue weighted by Crippen LogP contribution is -2.25. The van der Waals surface area contributed by atoms with E-state index in [0.717, 1.165) is 11.1 Å². The lowest BCUT2D eigenvalue weighted by atomic mass is 9.94. The molecule has 0 aromatic heterocycles. The first-order valence-corrected chi connectivity index (χ1v) is 11.4. The highest BCUT2D eigenvalue weighted by Crippen LogP contribution is 2.30. The fourth-order valence-corrected chi connectivity index (χ4v) is 3.84. The number of aromatic hydroxyl groups is 1. The maximum Gasteiger partial charge on any atom is 0.224 e. The van der Waals surface area contributed by atoms with E-state index in [2.05, 4.69) is 5.32 Å². The summed E-state index contributed by atoms with van der Waals surface area (Å²) < 4.78 is 33.4. The Morgan fingerprint density at radius 3 is 2.22 bits per heavy atom. The minimum Gasteiger partial charge on any atom is -0.508 e. The third-order valence-electron chi connectivity index (χ3n) is 5.72. The molecule has 0 aliphatic rings. The molecular weight excluding hydrogens is 460 g/mol. The zero-order valence-electron chi connectivity index (χ0n) is 19.7. The van der Waals surface area contributed by atoms with E-state index in [4.69, 9.17) is 4.74 Å². The summed E-state index contributed by atoms with van der Waals surface area (Å²) in [5.41, 5.74) is 4.21. The number of carbonyl (C=O) groups is 1. The van der Waals surface area contributed by atoms with Crippen LogP contribution in [0.2, 0.25) is 0 Å². The van der Waals surface area contributed by atoms with E-state index in [1.807, 2.05) is 12.1 Å². The molecule has 36 heavy (non-hydrogen) atoms. The van der Waals surface area contributed by atoms with E-state index >= 15 is 0 Å².